The lowest BCUT2D eigenvalue weighted by atomic mass is 10.1. The molecule has 0 unspecified atom stereocenters. The minimum atomic E-state index is -0.905. The van der Waals surface area contributed by atoms with Gasteiger partial charge in [0.15, 0.2) is 0 Å². The fourth-order valence-electron chi connectivity index (χ4n) is 3.13. The highest BCUT2D eigenvalue weighted by molar-refractivity contribution is 6.05. The number of carbonyl (C=O) groups is 2. The van der Waals surface area contributed by atoms with Gasteiger partial charge < -0.3 is 10.4 Å². The van der Waals surface area contributed by atoms with E-state index in [-0.39, 0.29) is 5.91 Å². The van der Waals surface area contributed by atoms with Crippen molar-refractivity contribution in [1.29, 1.82) is 0 Å². The molecule has 1 amide bonds. The second-order valence-electron chi connectivity index (χ2n) is 6.13. The first-order valence-corrected chi connectivity index (χ1v) is 6.94. The van der Waals surface area contributed by atoms with E-state index in [1.54, 1.807) is 0 Å². The van der Waals surface area contributed by atoms with Gasteiger partial charge in [0.25, 0.3) is 0 Å². The highest BCUT2D eigenvalue weighted by atomic mass is 16.4. The summed E-state index contributed by atoms with van der Waals surface area (Å²) in [5.74, 6) is -2.21. The number of anilines is 1. The van der Waals surface area contributed by atoms with Crippen LogP contribution in [-0.4, -0.2) is 17.0 Å². The van der Waals surface area contributed by atoms with Crippen LogP contribution >= 0.6 is 0 Å². The Bertz CT molecular complexity index is 730. The number of aliphatic carboxylic acids is 1. The highest BCUT2D eigenvalue weighted by Crippen LogP contribution is 2.58. The summed E-state index contributed by atoms with van der Waals surface area (Å²) in [6.07, 6.45) is 0. The van der Waals surface area contributed by atoms with Crippen LogP contribution in [0, 0.1) is 17.3 Å². The number of amides is 1. The van der Waals surface area contributed by atoms with Crippen LogP contribution in [0.2, 0.25) is 0 Å². The van der Waals surface area contributed by atoms with E-state index in [2.05, 4.69) is 5.32 Å². The maximum Gasteiger partial charge on any atom is 0.307 e. The summed E-state index contributed by atoms with van der Waals surface area (Å²) in [6.45, 7) is 3.64. The summed E-state index contributed by atoms with van der Waals surface area (Å²) in [5, 5.41) is 14.1. The molecule has 0 saturated heterocycles. The van der Waals surface area contributed by atoms with Crippen molar-refractivity contribution < 1.29 is 14.7 Å². The van der Waals surface area contributed by atoms with Gasteiger partial charge in [0.1, 0.15) is 0 Å². The third-order valence-corrected chi connectivity index (χ3v) is 4.42. The van der Waals surface area contributed by atoms with Crippen LogP contribution in [0.3, 0.4) is 0 Å². The van der Waals surface area contributed by atoms with Crippen molar-refractivity contribution in [2.24, 2.45) is 17.3 Å². The Hall–Kier alpha value is -2.36. The predicted molar refractivity (Wildman–Crippen MR) is 81.0 cm³/mol. The second-order valence-corrected chi connectivity index (χ2v) is 6.13. The van der Waals surface area contributed by atoms with E-state index in [0.29, 0.717) is 0 Å². The third kappa shape index (κ3) is 2.17. The molecule has 2 atom stereocenters. The summed E-state index contributed by atoms with van der Waals surface area (Å²) in [5.41, 5.74) is 0.241. The van der Waals surface area contributed by atoms with E-state index in [9.17, 15) is 9.59 Å². The molecule has 2 N–H and O–H groups in total. The van der Waals surface area contributed by atoms with Crippen LogP contribution in [0.4, 0.5) is 5.69 Å². The van der Waals surface area contributed by atoms with Crippen molar-refractivity contribution in [2.75, 3.05) is 5.32 Å². The number of nitrogens with one attached hydrogen (secondary N) is 1. The summed E-state index contributed by atoms with van der Waals surface area (Å²) >= 11 is 0. The molecular formula is C17H17NO3. The number of carbonyl (C=O) groups excluding carboxylic acids is 1. The molecule has 1 aliphatic rings. The van der Waals surface area contributed by atoms with Crippen molar-refractivity contribution in [3.8, 4) is 0 Å². The Balaban J connectivity index is 1.87. The van der Waals surface area contributed by atoms with Crippen molar-refractivity contribution in [2.45, 2.75) is 13.8 Å². The van der Waals surface area contributed by atoms with Gasteiger partial charge in [-0.1, -0.05) is 50.2 Å². The highest BCUT2D eigenvalue weighted by Gasteiger charge is 2.65. The molecule has 1 saturated carbocycles. The van der Waals surface area contributed by atoms with E-state index in [4.69, 9.17) is 5.11 Å². The number of fused-ring (bicyclic) bond motifs is 1. The summed E-state index contributed by atoms with van der Waals surface area (Å²) in [7, 11) is 0. The molecular weight excluding hydrogens is 266 g/mol. The molecule has 1 aliphatic carbocycles. The molecule has 2 aromatic rings. The number of hydrogen-bond donors (Lipinski definition) is 2. The zero-order valence-corrected chi connectivity index (χ0v) is 12.0. The molecule has 4 heteroatoms. The standard InChI is InChI=1S/C17H17NO3/c1-17(2)13(14(17)16(20)21)15(19)18-12-9-5-7-10-6-3-4-8-11(10)12/h3-9,13-14H,1-2H3,(H,18,19)(H,20,21)/t13-,14+/m1/s1. The van der Waals surface area contributed by atoms with Crippen molar-refractivity contribution >= 4 is 28.3 Å². The summed E-state index contributed by atoms with van der Waals surface area (Å²) in [6, 6.07) is 13.5. The molecule has 3 rings (SSSR count). The van der Waals surface area contributed by atoms with Crippen LogP contribution in [0.5, 0.6) is 0 Å². The monoisotopic (exact) mass is 283 g/mol. The lowest BCUT2D eigenvalue weighted by Gasteiger charge is -2.09. The molecule has 21 heavy (non-hydrogen) atoms. The average molecular weight is 283 g/mol. The Labute approximate surface area is 122 Å². The first-order valence-electron chi connectivity index (χ1n) is 6.94. The Morgan fingerprint density at radius 3 is 2.38 bits per heavy atom. The van der Waals surface area contributed by atoms with Crippen LogP contribution in [0.15, 0.2) is 42.5 Å². The van der Waals surface area contributed by atoms with Gasteiger partial charge in [-0.3, -0.25) is 9.59 Å². The molecule has 108 valence electrons. The smallest absolute Gasteiger partial charge is 0.307 e. The minimum Gasteiger partial charge on any atom is -0.481 e. The van der Waals surface area contributed by atoms with E-state index < -0.39 is 23.2 Å². The lowest BCUT2D eigenvalue weighted by Crippen LogP contribution is -2.17. The minimum absolute atomic E-state index is 0.219. The van der Waals surface area contributed by atoms with Crippen molar-refractivity contribution in [3.05, 3.63) is 42.5 Å². The number of carboxylic acid groups (broad SMARTS) is 1. The second kappa shape index (κ2) is 4.58. The normalized spacial score (nSPS) is 22.8. The molecule has 1 fully saturated rings. The molecule has 0 heterocycles. The molecule has 4 nitrogen and oxygen atoms in total. The van der Waals surface area contributed by atoms with Gasteiger partial charge in [-0.05, 0) is 16.9 Å². The van der Waals surface area contributed by atoms with E-state index >= 15 is 0 Å². The van der Waals surface area contributed by atoms with E-state index in [0.717, 1.165) is 16.5 Å². The van der Waals surface area contributed by atoms with Crippen LogP contribution in [-0.2, 0) is 9.59 Å². The topological polar surface area (TPSA) is 66.4 Å². The quantitative estimate of drug-likeness (QED) is 0.909. The summed E-state index contributed by atoms with van der Waals surface area (Å²) in [4.78, 5) is 23.6. The zero-order valence-electron chi connectivity index (χ0n) is 12.0. The predicted octanol–water partition coefficient (Wildman–Crippen LogP) is 3.14. The number of benzene rings is 2. The molecule has 2 aromatic carbocycles. The van der Waals surface area contributed by atoms with Gasteiger partial charge in [-0.2, -0.15) is 0 Å². The van der Waals surface area contributed by atoms with Crippen LogP contribution in [0.25, 0.3) is 10.8 Å². The van der Waals surface area contributed by atoms with Gasteiger partial charge >= 0.3 is 5.97 Å². The number of rotatable bonds is 3. The summed E-state index contributed by atoms with van der Waals surface area (Å²) < 4.78 is 0. The maximum atomic E-state index is 12.4. The third-order valence-electron chi connectivity index (χ3n) is 4.42. The SMILES string of the molecule is CC1(C)[C@H](C(=O)O)[C@@H]1C(=O)Nc1cccc2ccccc12. The maximum absolute atomic E-state index is 12.4. The lowest BCUT2D eigenvalue weighted by molar-refractivity contribution is -0.140. The van der Waals surface area contributed by atoms with Gasteiger partial charge in [0, 0.05) is 11.1 Å². The van der Waals surface area contributed by atoms with Crippen LogP contribution < -0.4 is 5.32 Å². The fourth-order valence-corrected chi connectivity index (χ4v) is 3.13. The van der Waals surface area contributed by atoms with Gasteiger partial charge in [-0.25, -0.2) is 0 Å². The Morgan fingerprint density at radius 2 is 1.71 bits per heavy atom. The first kappa shape index (κ1) is 13.6. The largest absolute Gasteiger partial charge is 0.481 e. The first-order chi connectivity index (χ1) is 9.93. The average Bonchev–Trinajstić information content (AvgIpc) is 3.02. The van der Waals surface area contributed by atoms with Crippen LogP contribution in [0.1, 0.15) is 13.8 Å². The van der Waals surface area contributed by atoms with E-state index in [1.807, 2.05) is 56.3 Å². The zero-order chi connectivity index (χ0) is 15.2. The fraction of sp³-hybridized carbons (Fsp3) is 0.294. The van der Waals surface area contributed by atoms with Gasteiger partial charge in [0.05, 0.1) is 11.8 Å². The van der Waals surface area contributed by atoms with Gasteiger partial charge in [-0.15, -0.1) is 0 Å². The molecule has 0 aliphatic heterocycles. The Morgan fingerprint density at radius 1 is 1.05 bits per heavy atom. The molecule has 0 aromatic heterocycles. The van der Waals surface area contributed by atoms with Gasteiger partial charge in [0.2, 0.25) is 5.91 Å². The van der Waals surface area contributed by atoms with Crippen molar-refractivity contribution in [1.82, 2.24) is 0 Å². The number of hydrogen-bond acceptors (Lipinski definition) is 2. The van der Waals surface area contributed by atoms with Crippen molar-refractivity contribution in [3.63, 3.8) is 0 Å². The molecule has 0 spiro atoms. The Kier molecular flexibility index (Phi) is 2.97. The van der Waals surface area contributed by atoms with E-state index in [1.165, 1.54) is 0 Å². The number of carboxylic acids is 1. The molecule has 0 bridgehead atoms. The molecule has 0 radical (unpaired) electrons.